The summed E-state index contributed by atoms with van der Waals surface area (Å²) < 4.78 is 11.2. The highest BCUT2D eigenvalue weighted by Gasteiger charge is 2.14. The van der Waals surface area contributed by atoms with Crippen LogP contribution >= 0.6 is 0 Å². The molecule has 0 aliphatic heterocycles. The summed E-state index contributed by atoms with van der Waals surface area (Å²) in [6.07, 6.45) is 0.548. The van der Waals surface area contributed by atoms with Crippen molar-refractivity contribution < 1.29 is 18.7 Å². The summed E-state index contributed by atoms with van der Waals surface area (Å²) in [4.78, 5) is 33.9. The molecule has 2 aromatic heterocycles. The number of carbonyl (C=O) groups is 1. The third-order valence-corrected chi connectivity index (χ3v) is 3.54. The second-order valence-corrected chi connectivity index (χ2v) is 5.40. The zero-order valence-corrected chi connectivity index (χ0v) is 13.2. The largest absolute Gasteiger partial charge is 0.419 e. The number of oxazole rings is 1. The van der Waals surface area contributed by atoms with Crippen molar-refractivity contribution >= 4 is 28.5 Å². The van der Waals surface area contributed by atoms with Gasteiger partial charge in [0.05, 0.1) is 16.5 Å². The zero-order valence-electron chi connectivity index (χ0n) is 13.2. The van der Waals surface area contributed by atoms with E-state index >= 15 is 0 Å². The van der Waals surface area contributed by atoms with Crippen molar-refractivity contribution in [3.05, 3.63) is 50.7 Å². The molecular weight excluding hydrogens is 332 g/mol. The summed E-state index contributed by atoms with van der Waals surface area (Å²) in [5, 5.41) is 17.0. The minimum atomic E-state index is -0.622. The van der Waals surface area contributed by atoms with E-state index in [1.807, 2.05) is 0 Å². The molecule has 0 bridgehead atoms. The minimum absolute atomic E-state index is 0.140. The number of hydrogen-bond acceptors (Lipinski definition) is 7. The number of carbonyl (C=O) groups excluding carboxylic acids is 1. The molecule has 0 aliphatic rings. The van der Waals surface area contributed by atoms with E-state index in [4.69, 9.17) is 8.94 Å². The molecule has 0 saturated heterocycles. The van der Waals surface area contributed by atoms with E-state index in [2.05, 4.69) is 10.5 Å². The van der Waals surface area contributed by atoms with E-state index < -0.39 is 10.7 Å². The summed E-state index contributed by atoms with van der Waals surface area (Å²) in [7, 11) is 0. The molecule has 0 unspecified atom stereocenters. The molecule has 10 nitrogen and oxygen atoms in total. The van der Waals surface area contributed by atoms with Crippen molar-refractivity contribution in [1.82, 2.24) is 9.72 Å². The van der Waals surface area contributed by atoms with Gasteiger partial charge in [0.1, 0.15) is 5.76 Å². The summed E-state index contributed by atoms with van der Waals surface area (Å²) in [5.74, 6) is 0.0365. The first kappa shape index (κ1) is 16.4. The first-order chi connectivity index (χ1) is 11.9. The quantitative estimate of drug-likeness (QED) is 0.534. The van der Waals surface area contributed by atoms with E-state index in [0.29, 0.717) is 23.5 Å². The van der Waals surface area contributed by atoms with Crippen LogP contribution in [0.1, 0.15) is 18.6 Å². The second-order valence-electron chi connectivity index (χ2n) is 5.40. The summed E-state index contributed by atoms with van der Waals surface area (Å²) >= 11 is 0. The Balaban J connectivity index is 1.65. The number of benzene rings is 1. The number of nitrogens with one attached hydrogen (secondary N) is 1. The summed E-state index contributed by atoms with van der Waals surface area (Å²) in [5.41, 5.74) is 0.431. The molecule has 130 valence electrons. The van der Waals surface area contributed by atoms with Crippen molar-refractivity contribution in [1.29, 1.82) is 0 Å². The van der Waals surface area contributed by atoms with E-state index in [-0.39, 0.29) is 30.1 Å². The van der Waals surface area contributed by atoms with Gasteiger partial charge >= 0.3 is 5.76 Å². The van der Waals surface area contributed by atoms with Crippen molar-refractivity contribution in [3.8, 4) is 0 Å². The van der Waals surface area contributed by atoms with Gasteiger partial charge in [-0.3, -0.25) is 19.5 Å². The molecule has 0 atom stereocenters. The van der Waals surface area contributed by atoms with Gasteiger partial charge in [-0.15, -0.1) is 0 Å². The predicted molar refractivity (Wildman–Crippen MR) is 86.2 cm³/mol. The highest BCUT2D eigenvalue weighted by atomic mass is 16.6. The van der Waals surface area contributed by atoms with Crippen LogP contribution < -0.4 is 11.1 Å². The topological polar surface area (TPSA) is 133 Å². The summed E-state index contributed by atoms with van der Waals surface area (Å²) in [6.45, 7) is 1.96. The Morgan fingerprint density at radius 2 is 2.20 bits per heavy atom. The summed E-state index contributed by atoms with van der Waals surface area (Å²) in [6, 6.07) is 5.55. The predicted octanol–water partition coefficient (Wildman–Crippen LogP) is 2.22. The highest BCUT2D eigenvalue weighted by molar-refractivity contribution is 5.89. The Morgan fingerprint density at radius 3 is 2.88 bits per heavy atom. The molecule has 3 rings (SSSR count). The molecule has 25 heavy (non-hydrogen) atoms. The molecule has 0 aliphatic carbocycles. The van der Waals surface area contributed by atoms with Gasteiger partial charge in [-0.1, -0.05) is 5.16 Å². The van der Waals surface area contributed by atoms with Crippen LogP contribution in [0.15, 0.2) is 38.0 Å². The van der Waals surface area contributed by atoms with E-state index in [1.165, 1.54) is 22.8 Å². The third kappa shape index (κ3) is 3.57. The van der Waals surface area contributed by atoms with Gasteiger partial charge in [0.15, 0.2) is 11.4 Å². The smallest absolute Gasteiger partial charge is 0.407 e. The van der Waals surface area contributed by atoms with Crippen LogP contribution in [0.3, 0.4) is 0 Å². The van der Waals surface area contributed by atoms with Gasteiger partial charge in [-0.2, -0.15) is 0 Å². The van der Waals surface area contributed by atoms with E-state index in [0.717, 1.165) is 0 Å². The Morgan fingerprint density at radius 1 is 1.40 bits per heavy atom. The fourth-order valence-electron chi connectivity index (χ4n) is 2.41. The molecule has 0 saturated carbocycles. The van der Waals surface area contributed by atoms with Crippen molar-refractivity contribution in [2.75, 3.05) is 5.32 Å². The molecule has 0 fully saturated rings. The molecule has 1 aromatic carbocycles. The average Bonchev–Trinajstić information content (AvgIpc) is 3.09. The number of aryl methyl sites for hydroxylation is 2. The first-order valence-corrected chi connectivity index (χ1v) is 7.45. The lowest BCUT2D eigenvalue weighted by atomic mass is 10.2. The van der Waals surface area contributed by atoms with E-state index in [1.54, 1.807) is 13.0 Å². The van der Waals surface area contributed by atoms with Crippen LogP contribution in [0.5, 0.6) is 0 Å². The lowest BCUT2D eigenvalue weighted by Crippen LogP contribution is -2.17. The van der Waals surface area contributed by atoms with Gasteiger partial charge in [0, 0.05) is 25.1 Å². The Hall–Kier alpha value is -3.43. The SMILES string of the molecule is Cc1cc(NC(=O)CCCn2c(=O)oc3cc([N+](=O)[O-])ccc32)no1. The van der Waals surface area contributed by atoms with Crippen molar-refractivity contribution in [2.45, 2.75) is 26.3 Å². The maximum absolute atomic E-state index is 11.9. The van der Waals surface area contributed by atoms with Crippen LogP contribution in [0.4, 0.5) is 11.5 Å². The minimum Gasteiger partial charge on any atom is -0.407 e. The monoisotopic (exact) mass is 346 g/mol. The van der Waals surface area contributed by atoms with Gasteiger partial charge in [-0.25, -0.2) is 4.79 Å². The fraction of sp³-hybridized carbons (Fsp3) is 0.267. The lowest BCUT2D eigenvalue weighted by Gasteiger charge is -2.03. The van der Waals surface area contributed by atoms with Crippen LogP contribution in [0.25, 0.3) is 11.1 Å². The number of nitro groups is 1. The zero-order chi connectivity index (χ0) is 18.0. The highest BCUT2D eigenvalue weighted by Crippen LogP contribution is 2.20. The first-order valence-electron chi connectivity index (χ1n) is 7.45. The number of amides is 1. The molecule has 0 radical (unpaired) electrons. The van der Waals surface area contributed by atoms with Crippen LogP contribution in [-0.2, 0) is 11.3 Å². The molecular formula is C15H14N4O6. The van der Waals surface area contributed by atoms with Gasteiger partial charge in [0.25, 0.3) is 5.69 Å². The maximum Gasteiger partial charge on any atom is 0.419 e. The number of nitrogens with zero attached hydrogens (tertiary/aromatic N) is 3. The average molecular weight is 346 g/mol. The van der Waals surface area contributed by atoms with Crippen molar-refractivity contribution in [2.24, 2.45) is 0 Å². The number of aromatic nitrogens is 2. The molecule has 1 N–H and O–H groups in total. The van der Waals surface area contributed by atoms with E-state index in [9.17, 15) is 19.7 Å². The number of hydrogen-bond donors (Lipinski definition) is 1. The maximum atomic E-state index is 11.9. The normalized spacial score (nSPS) is 10.9. The molecule has 10 heteroatoms. The van der Waals surface area contributed by atoms with Crippen LogP contribution in [-0.4, -0.2) is 20.6 Å². The van der Waals surface area contributed by atoms with Gasteiger partial charge in [0.2, 0.25) is 5.91 Å². The van der Waals surface area contributed by atoms with Crippen LogP contribution in [0.2, 0.25) is 0 Å². The Bertz CT molecular complexity index is 999. The number of fused-ring (bicyclic) bond motifs is 1. The number of non-ortho nitro benzene ring substituents is 1. The molecule has 2 heterocycles. The number of anilines is 1. The fourth-order valence-corrected chi connectivity index (χ4v) is 2.41. The van der Waals surface area contributed by atoms with Gasteiger partial charge in [-0.05, 0) is 19.4 Å². The molecule has 1 amide bonds. The lowest BCUT2D eigenvalue weighted by molar-refractivity contribution is -0.384. The van der Waals surface area contributed by atoms with Crippen LogP contribution in [0, 0.1) is 17.0 Å². The number of rotatable bonds is 6. The molecule has 3 aromatic rings. The third-order valence-electron chi connectivity index (χ3n) is 3.54. The van der Waals surface area contributed by atoms with Crippen molar-refractivity contribution in [3.63, 3.8) is 0 Å². The molecule has 0 spiro atoms. The second kappa shape index (κ2) is 6.59. The Labute approximate surface area is 140 Å². The standard InChI is InChI=1S/C15H14N4O6/c1-9-7-13(17-25-9)16-14(20)3-2-6-18-11-5-4-10(19(22)23)8-12(11)24-15(18)21/h4-5,7-8H,2-3,6H2,1H3,(H,16,17,20). The Kier molecular flexibility index (Phi) is 4.33. The number of nitro benzene ring substituents is 1. The van der Waals surface area contributed by atoms with Gasteiger partial charge < -0.3 is 14.3 Å².